The number of nitrogens with zero attached hydrogens (tertiary/aromatic N) is 2. The topological polar surface area (TPSA) is 44.0 Å². The Morgan fingerprint density at radius 1 is 1.27 bits per heavy atom. The molecule has 0 spiro atoms. The van der Waals surface area contributed by atoms with Gasteiger partial charge in [0.15, 0.2) is 0 Å². The van der Waals surface area contributed by atoms with Gasteiger partial charge in [-0.3, -0.25) is 4.90 Å². The summed E-state index contributed by atoms with van der Waals surface area (Å²) in [6.45, 7) is 4.73. The molecule has 1 aromatic heterocycles. The van der Waals surface area contributed by atoms with E-state index >= 15 is 0 Å². The standard InChI is InChI=1S/C17H23ClN4/c18-13-5-6-14-15(9-13)21-17(20-14)16-4-2-8-22(16)11-12-3-1-7-19-10-12/h5-6,9,12,16,19H,1-4,7-8,10-11H2,(H,20,21). The predicted molar refractivity (Wildman–Crippen MR) is 90.2 cm³/mol. The molecular formula is C17H23ClN4. The highest BCUT2D eigenvalue weighted by Gasteiger charge is 2.30. The molecule has 118 valence electrons. The maximum Gasteiger partial charge on any atom is 0.124 e. The van der Waals surface area contributed by atoms with Crippen molar-refractivity contribution in [3.8, 4) is 0 Å². The van der Waals surface area contributed by atoms with Crippen molar-refractivity contribution in [3.63, 3.8) is 0 Å². The molecule has 2 aromatic rings. The number of rotatable bonds is 3. The van der Waals surface area contributed by atoms with Gasteiger partial charge in [0, 0.05) is 11.6 Å². The number of halogens is 1. The van der Waals surface area contributed by atoms with Gasteiger partial charge in [-0.2, -0.15) is 0 Å². The second-order valence-corrected chi connectivity index (χ2v) is 7.09. The monoisotopic (exact) mass is 318 g/mol. The number of piperidine rings is 1. The van der Waals surface area contributed by atoms with Crippen LogP contribution in [0.1, 0.15) is 37.5 Å². The number of benzene rings is 1. The van der Waals surface area contributed by atoms with Gasteiger partial charge >= 0.3 is 0 Å². The molecule has 0 amide bonds. The fourth-order valence-electron chi connectivity index (χ4n) is 3.93. The number of hydrogen-bond acceptors (Lipinski definition) is 3. The Hall–Kier alpha value is -1.10. The van der Waals surface area contributed by atoms with Crippen LogP contribution in [0.25, 0.3) is 11.0 Å². The van der Waals surface area contributed by atoms with Crippen LogP contribution in [-0.4, -0.2) is 41.0 Å². The number of fused-ring (bicyclic) bond motifs is 1. The summed E-state index contributed by atoms with van der Waals surface area (Å²) in [6, 6.07) is 6.32. The van der Waals surface area contributed by atoms with Crippen LogP contribution in [0, 0.1) is 5.92 Å². The number of aromatic nitrogens is 2. The van der Waals surface area contributed by atoms with Gasteiger partial charge in [0.2, 0.25) is 0 Å². The molecule has 2 N–H and O–H groups in total. The van der Waals surface area contributed by atoms with E-state index in [1.807, 2.05) is 18.2 Å². The molecule has 1 aromatic carbocycles. The van der Waals surface area contributed by atoms with Crippen LogP contribution in [0.5, 0.6) is 0 Å². The van der Waals surface area contributed by atoms with Gasteiger partial charge in [-0.25, -0.2) is 4.98 Å². The highest BCUT2D eigenvalue weighted by Crippen LogP contribution is 2.33. The van der Waals surface area contributed by atoms with Gasteiger partial charge in [0.25, 0.3) is 0 Å². The van der Waals surface area contributed by atoms with Gasteiger partial charge in [0.05, 0.1) is 17.1 Å². The van der Waals surface area contributed by atoms with E-state index in [4.69, 9.17) is 16.6 Å². The third-order valence-corrected chi connectivity index (χ3v) is 5.27. The van der Waals surface area contributed by atoms with Gasteiger partial charge in [-0.15, -0.1) is 0 Å². The number of hydrogen-bond donors (Lipinski definition) is 2. The molecule has 4 rings (SSSR count). The van der Waals surface area contributed by atoms with E-state index in [-0.39, 0.29) is 0 Å². The zero-order valence-electron chi connectivity index (χ0n) is 12.8. The van der Waals surface area contributed by atoms with Crippen molar-refractivity contribution in [3.05, 3.63) is 29.0 Å². The summed E-state index contributed by atoms with van der Waals surface area (Å²) in [5, 5.41) is 4.29. The highest BCUT2D eigenvalue weighted by atomic mass is 35.5. The first-order valence-corrected chi connectivity index (χ1v) is 8.77. The van der Waals surface area contributed by atoms with E-state index in [0.29, 0.717) is 6.04 Å². The lowest BCUT2D eigenvalue weighted by molar-refractivity contribution is 0.191. The molecule has 2 saturated heterocycles. The number of imidazole rings is 1. The molecule has 4 nitrogen and oxygen atoms in total. The Kier molecular flexibility index (Phi) is 4.07. The molecule has 2 fully saturated rings. The van der Waals surface area contributed by atoms with Crippen LogP contribution in [0.4, 0.5) is 0 Å². The third-order valence-electron chi connectivity index (χ3n) is 5.03. The van der Waals surface area contributed by atoms with Gasteiger partial charge in [0.1, 0.15) is 5.82 Å². The molecule has 0 aliphatic carbocycles. The average molecular weight is 319 g/mol. The molecular weight excluding hydrogens is 296 g/mol. The number of nitrogens with one attached hydrogen (secondary N) is 2. The number of likely N-dealkylation sites (tertiary alicyclic amines) is 1. The zero-order chi connectivity index (χ0) is 14.9. The molecule has 0 bridgehead atoms. The van der Waals surface area contributed by atoms with E-state index in [2.05, 4.69) is 15.2 Å². The number of H-pyrrole nitrogens is 1. The molecule has 2 aliphatic rings. The van der Waals surface area contributed by atoms with Crippen molar-refractivity contribution in [2.24, 2.45) is 5.92 Å². The van der Waals surface area contributed by atoms with Crippen LogP contribution >= 0.6 is 11.6 Å². The minimum Gasteiger partial charge on any atom is -0.341 e. The number of aromatic amines is 1. The first-order chi connectivity index (χ1) is 10.8. The maximum atomic E-state index is 6.08. The van der Waals surface area contributed by atoms with Gasteiger partial charge in [-0.1, -0.05) is 11.6 Å². The molecule has 3 heterocycles. The Labute approximate surface area is 136 Å². The SMILES string of the molecule is Clc1ccc2nc(C3CCCN3CC3CCCNC3)[nH]c2c1. The largest absolute Gasteiger partial charge is 0.341 e. The lowest BCUT2D eigenvalue weighted by Gasteiger charge is -2.30. The van der Waals surface area contributed by atoms with Gasteiger partial charge in [-0.05, 0) is 69.4 Å². The summed E-state index contributed by atoms with van der Waals surface area (Å²) in [7, 11) is 0. The average Bonchev–Trinajstić information content (AvgIpc) is 3.14. The van der Waals surface area contributed by atoms with Crippen LogP contribution in [0.2, 0.25) is 5.02 Å². The summed E-state index contributed by atoms with van der Waals surface area (Å²) in [5.41, 5.74) is 2.07. The minimum absolute atomic E-state index is 0.438. The minimum atomic E-state index is 0.438. The van der Waals surface area contributed by atoms with Crippen LogP contribution in [-0.2, 0) is 0 Å². The predicted octanol–water partition coefficient (Wildman–Crippen LogP) is 3.35. The van der Waals surface area contributed by atoms with E-state index < -0.39 is 0 Å². The first-order valence-electron chi connectivity index (χ1n) is 8.39. The Balaban J connectivity index is 1.53. The maximum absolute atomic E-state index is 6.08. The van der Waals surface area contributed by atoms with Crippen molar-refractivity contribution in [1.29, 1.82) is 0 Å². The molecule has 22 heavy (non-hydrogen) atoms. The Morgan fingerprint density at radius 3 is 3.09 bits per heavy atom. The molecule has 0 saturated carbocycles. The van der Waals surface area contributed by atoms with E-state index in [0.717, 1.165) is 27.8 Å². The molecule has 2 unspecified atom stereocenters. The van der Waals surface area contributed by atoms with Crippen molar-refractivity contribution in [2.75, 3.05) is 26.2 Å². The fourth-order valence-corrected chi connectivity index (χ4v) is 4.10. The normalized spacial score (nSPS) is 26.8. The summed E-state index contributed by atoms with van der Waals surface area (Å²) in [6.07, 6.45) is 5.13. The zero-order valence-corrected chi connectivity index (χ0v) is 13.6. The van der Waals surface area contributed by atoms with Crippen LogP contribution < -0.4 is 5.32 Å². The second kappa shape index (κ2) is 6.19. The molecule has 2 aliphatic heterocycles. The van der Waals surface area contributed by atoms with Crippen LogP contribution in [0.15, 0.2) is 18.2 Å². The summed E-state index contributed by atoms with van der Waals surface area (Å²) in [4.78, 5) is 10.9. The van der Waals surface area contributed by atoms with Crippen molar-refractivity contribution in [1.82, 2.24) is 20.2 Å². The Bertz CT molecular complexity index is 647. The quantitative estimate of drug-likeness (QED) is 0.912. The van der Waals surface area contributed by atoms with Crippen molar-refractivity contribution in [2.45, 2.75) is 31.7 Å². The fraction of sp³-hybridized carbons (Fsp3) is 0.588. The summed E-state index contributed by atoms with van der Waals surface area (Å²) < 4.78 is 0. The smallest absolute Gasteiger partial charge is 0.124 e. The molecule has 5 heteroatoms. The second-order valence-electron chi connectivity index (χ2n) is 6.65. The van der Waals surface area contributed by atoms with Crippen molar-refractivity contribution < 1.29 is 0 Å². The van der Waals surface area contributed by atoms with Gasteiger partial charge < -0.3 is 10.3 Å². The summed E-state index contributed by atoms with van der Waals surface area (Å²) >= 11 is 6.08. The molecule has 2 atom stereocenters. The third kappa shape index (κ3) is 2.87. The van der Waals surface area contributed by atoms with E-state index in [1.165, 1.54) is 51.9 Å². The molecule has 0 radical (unpaired) electrons. The summed E-state index contributed by atoms with van der Waals surface area (Å²) in [5.74, 6) is 1.90. The van der Waals surface area contributed by atoms with E-state index in [1.54, 1.807) is 0 Å². The highest BCUT2D eigenvalue weighted by molar-refractivity contribution is 6.31. The lowest BCUT2D eigenvalue weighted by atomic mass is 9.99. The Morgan fingerprint density at radius 2 is 2.23 bits per heavy atom. The van der Waals surface area contributed by atoms with Crippen molar-refractivity contribution >= 4 is 22.6 Å². The first kappa shape index (κ1) is 14.5. The lowest BCUT2D eigenvalue weighted by Crippen LogP contribution is -2.38. The van der Waals surface area contributed by atoms with E-state index in [9.17, 15) is 0 Å². The van der Waals surface area contributed by atoms with Crippen LogP contribution in [0.3, 0.4) is 0 Å².